The van der Waals surface area contributed by atoms with Crippen LogP contribution in [0.2, 0.25) is 0 Å². The monoisotopic (exact) mass is 453 g/mol. The molecule has 0 spiro atoms. The lowest BCUT2D eigenvalue weighted by molar-refractivity contribution is -0.166. The van der Waals surface area contributed by atoms with Crippen molar-refractivity contribution < 1.29 is 28.2 Å². The number of allylic oxidation sites excluding steroid dienone is 1. The third-order valence-electron chi connectivity index (χ3n) is 5.87. The van der Waals surface area contributed by atoms with Crippen LogP contribution in [0.4, 0.5) is 4.39 Å². The Morgan fingerprint density at radius 2 is 1.97 bits per heavy atom. The molecule has 0 radical (unpaired) electrons. The van der Waals surface area contributed by atoms with Gasteiger partial charge in [0.15, 0.2) is 5.76 Å². The molecule has 1 aliphatic heterocycles. The quantitative estimate of drug-likeness (QED) is 0.494. The zero-order chi connectivity index (χ0) is 23.2. The number of hydrogen-bond acceptors (Lipinski definition) is 5. The number of fused-ring (bicyclic) bond motifs is 1. The molecule has 4 rings (SSSR count). The van der Waals surface area contributed by atoms with Crippen molar-refractivity contribution in [2.75, 3.05) is 13.2 Å². The molecule has 0 bridgehead atoms. The highest BCUT2D eigenvalue weighted by Gasteiger charge is 2.39. The average Bonchev–Trinajstić information content (AvgIpc) is 3.26. The molecule has 3 atom stereocenters. The van der Waals surface area contributed by atoms with Gasteiger partial charge in [-0.3, -0.25) is 4.79 Å². The van der Waals surface area contributed by atoms with E-state index in [0.717, 1.165) is 22.1 Å². The van der Waals surface area contributed by atoms with Crippen LogP contribution in [0.3, 0.4) is 0 Å². The van der Waals surface area contributed by atoms with Crippen molar-refractivity contribution in [2.45, 2.75) is 38.5 Å². The SMILES string of the molecule is CCO[C@H]1OC(C(=O)NCc2ccc(F)cc2)=C[C@@H](c2coc3ccccc23)[C@@H]1CCCO. The molecule has 6 nitrogen and oxygen atoms in total. The van der Waals surface area contributed by atoms with Gasteiger partial charge in [-0.2, -0.15) is 0 Å². The number of amides is 1. The summed E-state index contributed by atoms with van der Waals surface area (Å²) in [5, 5.41) is 13.2. The van der Waals surface area contributed by atoms with E-state index in [1.165, 1.54) is 12.1 Å². The summed E-state index contributed by atoms with van der Waals surface area (Å²) in [6.45, 7) is 2.60. The minimum absolute atomic E-state index is 0.0585. The van der Waals surface area contributed by atoms with Gasteiger partial charge in [0.25, 0.3) is 5.91 Å². The third kappa shape index (κ3) is 5.26. The molecule has 2 aromatic carbocycles. The van der Waals surface area contributed by atoms with Crippen molar-refractivity contribution in [1.82, 2.24) is 5.32 Å². The maximum absolute atomic E-state index is 13.2. The highest BCUT2D eigenvalue weighted by Crippen LogP contribution is 2.42. The summed E-state index contributed by atoms with van der Waals surface area (Å²) >= 11 is 0. The number of para-hydroxylation sites is 1. The number of nitrogens with one attached hydrogen (secondary N) is 1. The third-order valence-corrected chi connectivity index (χ3v) is 5.87. The van der Waals surface area contributed by atoms with Crippen LogP contribution in [0.15, 0.2) is 71.0 Å². The van der Waals surface area contributed by atoms with Gasteiger partial charge in [-0.15, -0.1) is 0 Å². The lowest BCUT2D eigenvalue weighted by Gasteiger charge is -2.36. The van der Waals surface area contributed by atoms with Gasteiger partial charge in [0.1, 0.15) is 11.4 Å². The minimum atomic E-state index is -0.642. The molecule has 7 heteroatoms. The number of benzene rings is 2. The van der Waals surface area contributed by atoms with Crippen molar-refractivity contribution in [3.63, 3.8) is 0 Å². The second-order valence-electron chi connectivity index (χ2n) is 8.02. The van der Waals surface area contributed by atoms with Crippen molar-refractivity contribution in [1.29, 1.82) is 0 Å². The number of ether oxygens (including phenoxy) is 2. The molecular weight excluding hydrogens is 425 g/mol. The van der Waals surface area contributed by atoms with E-state index in [4.69, 9.17) is 13.9 Å². The lowest BCUT2D eigenvalue weighted by atomic mass is 9.80. The number of halogens is 1. The van der Waals surface area contributed by atoms with Crippen LogP contribution < -0.4 is 5.32 Å². The van der Waals surface area contributed by atoms with Crippen molar-refractivity contribution in [3.05, 3.63) is 83.6 Å². The molecule has 1 aromatic heterocycles. The molecule has 1 aliphatic rings. The van der Waals surface area contributed by atoms with E-state index in [2.05, 4.69) is 5.32 Å². The smallest absolute Gasteiger partial charge is 0.286 e. The van der Waals surface area contributed by atoms with Gasteiger partial charge in [0.2, 0.25) is 6.29 Å². The van der Waals surface area contributed by atoms with Crippen LogP contribution in [-0.2, 0) is 20.8 Å². The Hall–Kier alpha value is -3.16. The highest BCUT2D eigenvalue weighted by atomic mass is 19.1. The number of rotatable bonds is 9. The Morgan fingerprint density at radius 3 is 2.73 bits per heavy atom. The van der Waals surface area contributed by atoms with Crippen LogP contribution in [0.25, 0.3) is 11.0 Å². The standard InChI is InChI=1S/C26H28FNO5/c1-2-31-26-20(7-5-13-29)21(22-16-32-23-8-4-3-6-19(22)23)14-24(33-26)25(30)28-15-17-9-11-18(27)12-10-17/h3-4,6,8-12,14,16,20-21,26,29H,2,5,7,13,15H2,1H3,(H,28,30)/t20-,21+,26-/m0/s1. The van der Waals surface area contributed by atoms with E-state index < -0.39 is 6.29 Å². The molecule has 3 aromatic rings. The lowest BCUT2D eigenvalue weighted by Crippen LogP contribution is -2.38. The number of hydrogen-bond donors (Lipinski definition) is 2. The first kappa shape index (κ1) is 23.0. The van der Waals surface area contributed by atoms with Gasteiger partial charge in [0, 0.05) is 42.5 Å². The van der Waals surface area contributed by atoms with Crippen molar-refractivity contribution >= 4 is 16.9 Å². The first-order valence-electron chi connectivity index (χ1n) is 11.2. The summed E-state index contributed by atoms with van der Waals surface area (Å²) in [7, 11) is 0. The minimum Gasteiger partial charge on any atom is -0.464 e. The molecule has 2 N–H and O–H groups in total. The zero-order valence-electron chi connectivity index (χ0n) is 18.5. The fourth-order valence-corrected chi connectivity index (χ4v) is 4.25. The van der Waals surface area contributed by atoms with Gasteiger partial charge >= 0.3 is 0 Å². The number of aliphatic hydroxyl groups excluding tert-OH is 1. The Bertz CT molecular complexity index is 1110. The maximum atomic E-state index is 13.2. The molecule has 174 valence electrons. The second kappa shape index (κ2) is 10.6. The topological polar surface area (TPSA) is 80.9 Å². The summed E-state index contributed by atoms with van der Waals surface area (Å²) in [5.74, 6) is -0.829. The van der Waals surface area contributed by atoms with Gasteiger partial charge < -0.3 is 24.3 Å². The van der Waals surface area contributed by atoms with Crippen molar-refractivity contribution in [3.8, 4) is 0 Å². The summed E-state index contributed by atoms with van der Waals surface area (Å²) in [5.41, 5.74) is 2.50. The van der Waals surface area contributed by atoms with Gasteiger partial charge in [0.05, 0.1) is 6.26 Å². The maximum Gasteiger partial charge on any atom is 0.286 e. The Balaban J connectivity index is 1.64. The molecule has 0 saturated heterocycles. The average molecular weight is 454 g/mol. The van der Waals surface area contributed by atoms with Gasteiger partial charge in [-0.25, -0.2) is 4.39 Å². The molecule has 2 heterocycles. The number of carbonyl (C=O) groups is 1. The second-order valence-corrected chi connectivity index (χ2v) is 8.02. The fraction of sp³-hybridized carbons (Fsp3) is 0.346. The predicted molar refractivity (Wildman–Crippen MR) is 122 cm³/mol. The summed E-state index contributed by atoms with van der Waals surface area (Å²) in [6, 6.07) is 13.7. The molecule has 1 amide bonds. The van der Waals surface area contributed by atoms with Gasteiger partial charge in [-0.1, -0.05) is 30.3 Å². The number of aliphatic hydroxyl groups is 1. The first-order chi connectivity index (χ1) is 16.1. The molecular formula is C26H28FNO5. The Morgan fingerprint density at radius 1 is 1.18 bits per heavy atom. The van der Waals surface area contributed by atoms with E-state index in [9.17, 15) is 14.3 Å². The molecule has 0 fully saturated rings. The molecule has 0 unspecified atom stereocenters. The molecule has 0 saturated carbocycles. The van der Waals surface area contributed by atoms with E-state index in [1.807, 2.05) is 37.3 Å². The van der Waals surface area contributed by atoms with E-state index >= 15 is 0 Å². The summed E-state index contributed by atoms with van der Waals surface area (Å²) in [6.07, 6.45) is 4.14. The largest absolute Gasteiger partial charge is 0.464 e. The van der Waals surface area contributed by atoms with Gasteiger partial charge in [-0.05, 0) is 49.6 Å². The van der Waals surface area contributed by atoms with Crippen LogP contribution in [0, 0.1) is 11.7 Å². The first-order valence-corrected chi connectivity index (χ1v) is 11.2. The van der Waals surface area contributed by atoms with Crippen LogP contribution in [0.1, 0.15) is 36.8 Å². The normalized spacial score (nSPS) is 20.3. The van der Waals surface area contributed by atoms with Crippen molar-refractivity contribution in [2.24, 2.45) is 5.92 Å². The predicted octanol–water partition coefficient (Wildman–Crippen LogP) is 4.64. The van der Waals surface area contributed by atoms with E-state index in [-0.39, 0.29) is 42.5 Å². The van der Waals surface area contributed by atoms with E-state index in [0.29, 0.717) is 19.4 Å². The fourth-order valence-electron chi connectivity index (χ4n) is 4.25. The van der Waals surface area contributed by atoms with Crippen LogP contribution >= 0.6 is 0 Å². The zero-order valence-corrected chi connectivity index (χ0v) is 18.5. The number of carbonyl (C=O) groups excluding carboxylic acids is 1. The molecule has 0 aliphatic carbocycles. The summed E-state index contributed by atoms with van der Waals surface area (Å²) in [4.78, 5) is 13.0. The Kier molecular flexibility index (Phi) is 7.42. The van der Waals surface area contributed by atoms with Crippen LogP contribution in [-0.4, -0.2) is 30.5 Å². The van der Waals surface area contributed by atoms with Crippen LogP contribution in [0.5, 0.6) is 0 Å². The molecule has 33 heavy (non-hydrogen) atoms. The number of furan rings is 1. The summed E-state index contributed by atoms with van der Waals surface area (Å²) < 4.78 is 30.8. The highest BCUT2D eigenvalue weighted by molar-refractivity contribution is 5.92. The Labute approximate surface area is 192 Å². The van der Waals surface area contributed by atoms with E-state index in [1.54, 1.807) is 18.4 Å².